The molecule has 3 nitrogen and oxygen atoms in total. The first-order valence-electron chi connectivity index (χ1n) is 6.57. The number of halogens is 1. The van der Waals surface area contributed by atoms with Gasteiger partial charge in [-0.2, -0.15) is 0 Å². The minimum Gasteiger partial charge on any atom is -0.370 e. The highest BCUT2D eigenvalue weighted by Gasteiger charge is 2.24. The molecule has 4 heteroatoms. The molecule has 18 heavy (non-hydrogen) atoms. The summed E-state index contributed by atoms with van der Waals surface area (Å²) in [6, 6.07) is 5.88. The maximum absolute atomic E-state index is 6.09. The van der Waals surface area contributed by atoms with Crippen molar-refractivity contribution in [2.24, 2.45) is 0 Å². The number of hydrogen-bond donors (Lipinski definition) is 0. The Labute approximate surface area is 112 Å². The highest BCUT2D eigenvalue weighted by molar-refractivity contribution is 6.31. The SMILES string of the molecule is CCCn1c(C2CCCO2)nc2ccc(Cl)cc21. The first-order valence-corrected chi connectivity index (χ1v) is 6.94. The van der Waals surface area contributed by atoms with Gasteiger partial charge in [-0.15, -0.1) is 0 Å². The van der Waals surface area contributed by atoms with E-state index in [4.69, 9.17) is 21.3 Å². The average Bonchev–Trinajstić information content (AvgIpc) is 2.98. The summed E-state index contributed by atoms with van der Waals surface area (Å²) in [6.45, 7) is 3.99. The van der Waals surface area contributed by atoms with Crippen LogP contribution in [0.1, 0.15) is 38.1 Å². The number of ether oxygens (including phenoxy) is 1. The summed E-state index contributed by atoms with van der Waals surface area (Å²) >= 11 is 6.09. The van der Waals surface area contributed by atoms with E-state index in [1.807, 2.05) is 18.2 Å². The molecule has 1 aromatic heterocycles. The highest BCUT2D eigenvalue weighted by Crippen LogP contribution is 2.31. The Hall–Kier alpha value is -1.06. The lowest BCUT2D eigenvalue weighted by molar-refractivity contribution is 0.102. The number of imidazole rings is 1. The smallest absolute Gasteiger partial charge is 0.139 e. The molecule has 0 amide bonds. The van der Waals surface area contributed by atoms with Crippen LogP contribution in [0.4, 0.5) is 0 Å². The van der Waals surface area contributed by atoms with Gasteiger partial charge in [-0.05, 0) is 37.5 Å². The predicted molar refractivity (Wildman–Crippen MR) is 73.0 cm³/mol. The van der Waals surface area contributed by atoms with Crippen LogP contribution in [0.5, 0.6) is 0 Å². The van der Waals surface area contributed by atoms with Gasteiger partial charge in [-0.25, -0.2) is 4.98 Å². The molecule has 1 aliphatic rings. The molecular formula is C14H17ClN2O. The van der Waals surface area contributed by atoms with E-state index in [9.17, 15) is 0 Å². The molecule has 0 aliphatic carbocycles. The Morgan fingerprint density at radius 3 is 3.11 bits per heavy atom. The van der Waals surface area contributed by atoms with Gasteiger partial charge in [-0.3, -0.25) is 0 Å². The zero-order chi connectivity index (χ0) is 12.5. The standard InChI is InChI=1S/C14H17ClN2O/c1-2-7-17-12-9-10(15)5-6-11(12)16-14(17)13-4-3-8-18-13/h5-6,9,13H,2-4,7-8H2,1H3. The van der Waals surface area contributed by atoms with E-state index in [1.165, 1.54) is 0 Å². The van der Waals surface area contributed by atoms with Gasteiger partial charge in [0, 0.05) is 18.2 Å². The second kappa shape index (κ2) is 4.90. The van der Waals surface area contributed by atoms with Crippen molar-refractivity contribution in [2.75, 3.05) is 6.61 Å². The number of rotatable bonds is 3. The molecule has 1 aromatic carbocycles. The molecule has 0 radical (unpaired) electrons. The summed E-state index contributed by atoms with van der Waals surface area (Å²) in [5, 5.41) is 0.763. The lowest BCUT2D eigenvalue weighted by Crippen LogP contribution is -2.08. The van der Waals surface area contributed by atoms with Gasteiger partial charge >= 0.3 is 0 Å². The molecule has 1 aliphatic heterocycles. The maximum atomic E-state index is 6.09. The molecule has 0 N–H and O–H groups in total. The zero-order valence-electron chi connectivity index (χ0n) is 10.5. The first-order chi connectivity index (χ1) is 8.79. The van der Waals surface area contributed by atoms with Gasteiger partial charge in [0.2, 0.25) is 0 Å². The highest BCUT2D eigenvalue weighted by atomic mass is 35.5. The van der Waals surface area contributed by atoms with Crippen LogP contribution in [-0.4, -0.2) is 16.2 Å². The number of hydrogen-bond acceptors (Lipinski definition) is 2. The third-order valence-electron chi connectivity index (χ3n) is 3.40. The Kier molecular flexibility index (Phi) is 3.27. The molecule has 96 valence electrons. The molecule has 0 bridgehead atoms. The lowest BCUT2D eigenvalue weighted by Gasteiger charge is -2.12. The van der Waals surface area contributed by atoms with Crippen LogP contribution < -0.4 is 0 Å². The number of benzene rings is 1. The molecule has 3 rings (SSSR count). The number of fused-ring (bicyclic) bond motifs is 1. The van der Waals surface area contributed by atoms with Crippen molar-refractivity contribution in [1.82, 2.24) is 9.55 Å². The van der Waals surface area contributed by atoms with Crippen molar-refractivity contribution >= 4 is 22.6 Å². The first kappa shape index (κ1) is 12.0. The minimum absolute atomic E-state index is 0.155. The Morgan fingerprint density at radius 2 is 2.39 bits per heavy atom. The van der Waals surface area contributed by atoms with Crippen molar-refractivity contribution in [3.63, 3.8) is 0 Å². The Bertz CT molecular complexity index is 558. The molecule has 0 saturated carbocycles. The molecule has 1 unspecified atom stereocenters. The van der Waals surface area contributed by atoms with E-state index in [0.717, 1.165) is 54.3 Å². The van der Waals surface area contributed by atoms with Crippen molar-refractivity contribution < 1.29 is 4.74 Å². The van der Waals surface area contributed by atoms with Crippen molar-refractivity contribution in [2.45, 2.75) is 38.8 Å². The van der Waals surface area contributed by atoms with Gasteiger partial charge in [0.05, 0.1) is 11.0 Å². The molecular weight excluding hydrogens is 248 g/mol. The van der Waals surface area contributed by atoms with E-state index < -0.39 is 0 Å². The van der Waals surface area contributed by atoms with E-state index >= 15 is 0 Å². The van der Waals surface area contributed by atoms with Gasteiger partial charge < -0.3 is 9.30 Å². The Morgan fingerprint density at radius 1 is 1.50 bits per heavy atom. The summed E-state index contributed by atoms with van der Waals surface area (Å²) in [7, 11) is 0. The van der Waals surface area contributed by atoms with Crippen LogP contribution in [0, 0.1) is 0 Å². The predicted octanol–water partition coefficient (Wildman–Crippen LogP) is 3.95. The molecule has 1 fully saturated rings. The number of aromatic nitrogens is 2. The summed E-state index contributed by atoms with van der Waals surface area (Å²) in [5.74, 6) is 1.06. The second-order valence-electron chi connectivity index (χ2n) is 4.76. The van der Waals surface area contributed by atoms with Crippen molar-refractivity contribution in [1.29, 1.82) is 0 Å². The molecule has 2 aromatic rings. The van der Waals surface area contributed by atoms with Crippen LogP contribution >= 0.6 is 11.6 Å². The van der Waals surface area contributed by atoms with Gasteiger partial charge in [0.1, 0.15) is 11.9 Å². The quantitative estimate of drug-likeness (QED) is 0.839. The summed E-state index contributed by atoms with van der Waals surface area (Å²) in [4.78, 5) is 4.73. The fraction of sp³-hybridized carbons (Fsp3) is 0.500. The Balaban J connectivity index is 2.13. The maximum Gasteiger partial charge on any atom is 0.139 e. The van der Waals surface area contributed by atoms with Gasteiger partial charge in [0.25, 0.3) is 0 Å². The average molecular weight is 265 g/mol. The summed E-state index contributed by atoms with van der Waals surface area (Å²) in [5.41, 5.74) is 2.13. The summed E-state index contributed by atoms with van der Waals surface area (Å²) < 4.78 is 8.03. The number of nitrogens with zero attached hydrogens (tertiary/aromatic N) is 2. The van der Waals surface area contributed by atoms with E-state index in [0.29, 0.717) is 0 Å². The van der Waals surface area contributed by atoms with Crippen molar-refractivity contribution in [3.05, 3.63) is 29.0 Å². The van der Waals surface area contributed by atoms with Crippen LogP contribution in [0.25, 0.3) is 11.0 Å². The van der Waals surface area contributed by atoms with Crippen LogP contribution in [0.15, 0.2) is 18.2 Å². The van der Waals surface area contributed by atoms with Crippen LogP contribution in [-0.2, 0) is 11.3 Å². The normalized spacial score (nSPS) is 19.8. The van der Waals surface area contributed by atoms with E-state index in [2.05, 4.69) is 11.5 Å². The molecule has 2 heterocycles. The van der Waals surface area contributed by atoms with Crippen LogP contribution in [0.3, 0.4) is 0 Å². The van der Waals surface area contributed by atoms with Crippen molar-refractivity contribution in [3.8, 4) is 0 Å². The largest absolute Gasteiger partial charge is 0.370 e. The third kappa shape index (κ3) is 2.02. The fourth-order valence-electron chi connectivity index (χ4n) is 2.60. The van der Waals surface area contributed by atoms with E-state index in [-0.39, 0.29) is 6.10 Å². The molecule has 1 atom stereocenters. The van der Waals surface area contributed by atoms with E-state index in [1.54, 1.807) is 0 Å². The third-order valence-corrected chi connectivity index (χ3v) is 3.64. The van der Waals surface area contributed by atoms with Gasteiger partial charge in [0.15, 0.2) is 0 Å². The lowest BCUT2D eigenvalue weighted by atomic mass is 10.2. The topological polar surface area (TPSA) is 27.1 Å². The molecule has 1 saturated heterocycles. The molecule has 0 spiro atoms. The van der Waals surface area contributed by atoms with Gasteiger partial charge in [-0.1, -0.05) is 18.5 Å². The summed E-state index contributed by atoms with van der Waals surface area (Å²) in [6.07, 6.45) is 3.43. The fourth-order valence-corrected chi connectivity index (χ4v) is 2.77. The minimum atomic E-state index is 0.155. The zero-order valence-corrected chi connectivity index (χ0v) is 11.3. The second-order valence-corrected chi connectivity index (χ2v) is 5.19. The monoisotopic (exact) mass is 264 g/mol. The van der Waals surface area contributed by atoms with Crippen LogP contribution in [0.2, 0.25) is 5.02 Å². The number of aryl methyl sites for hydroxylation is 1.